The molecule has 196 valence electrons. The molecule has 1 fully saturated rings. The summed E-state index contributed by atoms with van der Waals surface area (Å²) in [6, 6.07) is 23.4. The minimum Gasteiger partial charge on any atom is -0.494 e. The number of thiocarbonyl (C=S) groups is 1. The number of carbonyl (C=O) groups is 1. The Morgan fingerprint density at radius 1 is 1.13 bits per heavy atom. The van der Waals surface area contributed by atoms with Crippen molar-refractivity contribution in [2.75, 3.05) is 17.3 Å². The lowest BCUT2D eigenvalue weighted by Gasteiger charge is -2.29. The number of benzene rings is 2. The van der Waals surface area contributed by atoms with Crippen LogP contribution in [0.2, 0.25) is 0 Å². The van der Waals surface area contributed by atoms with Gasteiger partial charge in [-0.1, -0.05) is 36.5 Å². The summed E-state index contributed by atoms with van der Waals surface area (Å²) in [4.78, 5) is 23.7. The van der Waals surface area contributed by atoms with Crippen LogP contribution in [0.1, 0.15) is 36.8 Å². The molecule has 2 atom stereocenters. The van der Waals surface area contributed by atoms with Crippen LogP contribution in [0.4, 0.5) is 11.4 Å². The Morgan fingerprint density at radius 2 is 1.97 bits per heavy atom. The van der Waals surface area contributed by atoms with Gasteiger partial charge in [0.2, 0.25) is 5.91 Å². The Balaban J connectivity index is 1.47. The third-order valence-corrected chi connectivity index (χ3v) is 8.08. The second-order valence-corrected chi connectivity index (χ2v) is 10.4. The topological polar surface area (TPSA) is 84.3 Å². The molecule has 0 spiro atoms. The number of aromatic nitrogens is 3. The number of rotatable bonds is 7. The number of hydrogen-bond acceptors (Lipinski definition) is 6. The molecule has 1 aliphatic heterocycles. The molecule has 1 amide bonds. The van der Waals surface area contributed by atoms with Gasteiger partial charge in [-0.05, 0) is 60.7 Å². The normalized spacial score (nSPS) is 16.9. The van der Waals surface area contributed by atoms with E-state index in [4.69, 9.17) is 21.9 Å². The van der Waals surface area contributed by atoms with Crippen molar-refractivity contribution in [2.24, 2.45) is 0 Å². The molecule has 0 unspecified atom stereocenters. The Labute approximate surface area is 235 Å². The maximum Gasteiger partial charge on any atom is 0.224 e. The molecule has 10 heteroatoms. The minimum atomic E-state index is -0.241. The first-order chi connectivity index (χ1) is 19.1. The molecule has 39 heavy (non-hydrogen) atoms. The van der Waals surface area contributed by atoms with Crippen LogP contribution in [0, 0.1) is 0 Å². The Kier molecular flexibility index (Phi) is 6.72. The van der Waals surface area contributed by atoms with E-state index >= 15 is 0 Å². The van der Waals surface area contributed by atoms with Crippen LogP contribution in [0.3, 0.4) is 0 Å². The van der Waals surface area contributed by atoms with E-state index in [9.17, 15) is 4.79 Å². The number of ether oxygens (including phenoxy) is 1. The molecular formula is C29H26N6O2S2. The zero-order valence-corrected chi connectivity index (χ0v) is 23.0. The number of thiazole rings is 1. The molecule has 4 heterocycles. The molecule has 2 aromatic carbocycles. The van der Waals surface area contributed by atoms with Gasteiger partial charge >= 0.3 is 0 Å². The number of carbonyl (C=O) groups excluding carboxylic acids is 1. The van der Waals surface area contributed by atoms with Gasteiger partial charge in [-0.25, -0.2) is 4.98 Å². The average Bonchev–Trinajstić information content (AvgIpc) is 3.70. The Morgan fingerprint density at radius 3 is 2.74 bits per heavy atom. The van der Waals surface area contributed by atoms with Gasteiger partial charge in [-0.15, -0.1) is 0 Å². The maximum atomic E-state index is 12.1. The van der Waals surface area contributed by atoms with E-state index in [2.05, 4.69) is 37.2 Å². The first kappa shape index (κ1) is 25.0. The molecule has 8 nitrogen and oxygen atoms in total. The SMILES string of the molecule is CCC(=O)Nc1ccc(N2C(=S)N[C@@H](c3ccccn3)[C@H]2c2cccn2-c2nc3ccccc3s2)cc1OC. The summed E-state index contributed by atoms with van der Waals surface area (Å²) in [5.74, 6) is 0.472. The highest BCUT2D eigenvalue weighted by Gasteiger charge is 2.42. The van der Waals surface area contributed by atoms with Gasteiger partial charge < -0.3 is 20.3 Å². The van der Waals surface area contributed by atoms with Crippen LogP contribution in [0.5, 0.6) is 5.75 Å². The van der Waals surface area contributed by atoms with E-state index in [1.165, 1.54) is 0 Å². The molecule has 1 saturated heterocycles. The quantitative estimate of drug-likeness (QED) is 0.238. The van der Waals surface area contributed by atoms with E-state index in [0.717, 1.165) is 32.4 Å². The highest BCUT2D eigenvalue weighted by atomic mass is 32.1. The predicted octanol–water partition coefficient (Wildman–Crippen LogP) is 6.02. The van der Waals surface area contributed by atoms with E-state index in [0.29, 0.717) is 23.0 Å². The standard InChI is InChI=1S/C29H26N6O2S2/c1-3-25(36)31-19-14-13-18(17-23(19)37-2)35-27(26(33-28(35)38)21-10-6-7-15-30-21)22-11-8-16-34(22)29-32-20-9-4-5-12-24(20)39-29/h4-17,26-27H,3H2,1-2H3,(H,31,36)(H,33,38)/t26-,27+/m0/s1. The number of amides is 1. The number of nitrogens with zero attached hydrogens (tertiary/aromatic N) is 4. The fraction of sp³-hybridized carbons (Fsp3) is 0.172. The van der Waals surface area contributed by atoms with E-state index in [-0.39, 0.29) is 18.0 Å². The third kappa shape index (κ3) is 4.62. The van der Waals surface area contributed by atoms with Crippen molar-refractivity contribution in [3.05, 3.63) is 96.6 Å². The number of methoxy groups -OCH3 is 1. The highest BCUT2D eigenvalue weighted by Crippen LogP contribution is 2.44. The third-order valence-electron chi connectivity index (χ3n) is 6.73. The molecular weight excluding hydrogens is 528 g/mol. The molecule has 3 aromatic heterocycles. The second kappa shape index (κ2) is 10.5. The number of nitrogens with one attached hydrogen (secondary N) is 2. The summed E-state index contributed by atoms with van der Waals surface area (Å²) in [6.45, 7) is 1.81. The molecule has 0 radical (unpaired) electrons. The second-order valence-electron chi connectivity index (χ2n) is 9.05. The number of para-hydroxylation sites is 1. The average molecular weight is 555 g/mol. The lowest BCUT2D eigenvalue weighted by molar-refractivity contribution is -0.115. The van der Waals surface area contributed by atoms with Crippen LogP contribution in [-0.2, 0) is 4.79 Å². The molecule has 1 aliphatic rings. The zero-order chi connectivity index (χ0) is 26.9. The molecule has 2 N–H and O–H groups in total. The van der Waals surface area contributed by atoms with E-state index in [1.807, 2.05) is 73.8 Å². The molecule has 0 aliphatic carbocycles. The zero-order valence-electron chi connectivity index (χ0n) is 21.4. The number of fused-ring (bicyclic) bond motifs is 1. The predicted molar refractivity (Wildman–Crippen MR) is 159 cm³/mol. The van der Waals surface area contributed by atoms with Crippen molar-refractivity contribution in [2.45, 2.75) is 25.4 Å². The van der Waals surface area contributed by atoms with Crippen LogP contribution < -0.4 is 20.3 Å². The number of hydrogen-bond donors (Lipinski definition) is 2. The van der Waals surface area contributed by atoms with Gasteiger partial charge in [-0.3, -0.25) is 14.3 Å². The molecule has 5 aromatic rings. The summed E-state index contributed by atoms with van der Waals surface area (Å²) in [5.41, 5.74) is 4.30. The van der Waals surface area contributed by atoms with E-state index in [1.54, 1.807) is 24.6 Å². The van der Waals surface area contributed by atoms with Crippen molar-refractivity contribution in [3.63, 3.8) is 0 Å². The fourth-order valence-corrected chi connectivity index (χ4v) is 6.19. The summed E-state index contributed by atoms with van der Waals surface area (Å²) < 4.78 is 8.91. The van der Waals surface area contributed by atoms with Crippen molar-refractivity contribution in [1.29, 1.82) is 0 Å². The van der Waals surface area contributed by atoms with Crippen LogP contribution >= 0.6 is 23.6 Å². The molecule has 6 rings (SSSR count). The minimum absolute atomic E-state index is 0.0823. The maximum absolute atomic E-state index is 12.1. The summed E-state index contributed by atoms with van der Waals surface area (Å²) in [7, 11) is 1.59. The van der Waals surface area contributed by atoms with Crippen molar-refractivity contribution in [1.82, 2.24) is 19.9 Å². The fourth-order valence-electron chi connectivity index (χ4n) is 4.88. The highest BCUT2D eigenvalue weighted by molar-refractivity contribution is 7.80. The Hall–Kier alpha value is -4.28. The van der Waals surface area contributed by atoms with Crippen LogP contribution in [-0.4, -0.2) is 32.7 Å². The molecule has 0 saturated carbocycles. The smallest absolute Gasteiger partial charge is 0.224 e. The van der Waals surface area contributed by atoms with Gasteiger partial charge in [0.25, 0.3) is 0 Å². The van der Waals surface area contributed by atoms with Gasteiger partial charge in [0.05, 0.1) is 40.4 Å². The number of anilines is 2. The van der Waals surface area contributed by atoms with Crippen LogP contribution in [0.15, 0.2) is 85.2 Å². The van der Waals surface area contributed by atoms with Crippen LogP contribution in [0.25, 0.3) is 15.3 Å². The lowest BCUT2D eigenvalue weighted by Crippen LogP contribution is -2.30. The van der Waals surface area contributed by atoms with Gasteiger partial charge in [0.1, 0.15) is 11.8 Å². The summed E-state index contributed by atoms with van der Waals surface area (Å²) >= 11 is 7.56. The largest absolute Gasteiger partial charge is 0.494 e. The summed E-state index contributed by atoms with van der Waals surface area (Å²) in [6.07, 6.45) is 4.20. The van der Waals surface area contributed by atoms with Gasteiger partial charge in [0.15, 0.2) is 10.2 Å². The first-order valence-corrected chi connectivity index (χ1v) is 13.8. The summed E-state index contributed by atoms with van der Waals surface area (Å²) in [5, 5.41) is 7.86. The first-order valence-electron chi connectivity index (χ1n) is 12.6. The van der Waals surface area contributed by atoms with Gasteiger partial charge in [0, 0.05) is 30.6 Å². The van der Waals surface area contributed by atoms with Crippen molar-refractivity contribution >= 4 is 56.2 Å². The Bertz CT molecular complexity index is 1630. The van der Waals surface area contributed by atoms with Gasteiger partial charge in [-0.2, -0.15) is 0 Å². The van der Waals surface area contributed by atoms with Crippen molar-refractivity contribution in [3.8, 4) is 10.9 Å². The lowest BCUT2D eigenvalue weighted by atomic mass is 10.0. The monoisotopic (exact) mass is 554 g/mol. The number of pyridine rings is 1. The van der Waals surface area contributed by atoms with E-state index < -0.39 is 0 Å². The molecule has 0 bridgehead atoms. The van der Waals surface area contributed by atoms with Crippen molar-refractivity contribution < 1.29 is 9.53 Å².